The topological polar surface area (TPSA) is 0 Å². The minimum Gasteiger partial charge on any atom is -0.0683 e. The molecule has 0 saturated heterocycles. The van der Waals surface area contributed by atoms with Crippen LogP contribution in [0.1, 0.15) is 13.8 Å². The molecule has 4 aromatic rings. The summed E-state index contributed by atoms with van der Waals surface area (Å²) in [6, 6.07) is 42.3. The molecule has 0 aliphatic heterocycles. The summed E-state index contributed by atoms with van der Waals surface area (Å²) in [5.41, 5.74) is 0. The number of hydrogen-bond donors (Lipinski definition) is 0. The van der Waals surface area contributed by atoms with Crippen molar-refractivity contribution >= 4 is 38.4 Å². The van der Waals surface area contributed by atoms with Crippen molar-refractivity contribution in [3.63, 3.8) is 0 Å². The van der Waals surface area contributed by atoms with Crippen molar-refractivity contribution in [2.24, 2.45) is 0 Å². The van der Waals surface area contributed by atoms with Crippen LogP contribution in [0, 0.1) is 0 Å². The summed E-state index contributed by atoms with van der Waals surface area (Å²) >= 11 is 0. The molecule has 29 heavy (non-hydrogen) atoms. The Morgan fingerprint density at radius 1 is 0.345 bits per heavy atom. The van der Waals surface area contributed by atoms with Gasteiger partial charge in [-0.05, 0) is 21.2 Å². The van der Waals surface area contributed by atoms with Crippen LogP contribution >= 0.6 is 17.2 Å². The van der Waals surface area contributed by atoms with Gasteiger partial charge < -0.3 is 0 Å². The molecule has 0 spiro atoms. The van der Waals surface area contributed by atoms with Gasteiger partial charge in [0.05, 0.1) is 0 Å². The molecule has 0 aliphatic rings. The van der Waals surface area contributed by atoms with Crippen LogP contribution in [-0.2, 0) is 16.5 Å². The average Bonchev–Trinajstić information content (AvgIpc) is 2.79. The van der Waals surface area contributed by atoms with Crippen molar-refractivity contribution in [1.82, 2.24) is 0 Å². The molecule has 4 aromatic carbocycles. The van der Waals surface area contributed by atoms with Crippen LogP contribution in [0.25, 0.3) is 0 Å². The molecule has 0 aromatic heterocycles. The first-order valence-corrected chi connectivity index (χ1v) is 11.6. The predicted molar refractivity (Wildman–Crippen MR) is 132 cm³/mol. The Morgan fingerprint density at radius 2 is 0.517 bits per heavy atom. The molecule has 0 radical (unpaired) electrons. The molecular formula is C26H28NiP2. The first-order valence-electron chi connectivity index (χ1n) is 9.64. The summed E-state index contributed by atoms with van der Waals surface area (Å²) in [7, 11) is 1.55. The second-order valence-electron chi connectivity index (χ2n) is 5.71. The molecule has 0 unspecified atom stereocenters. The molecule has 0 heterocycles. The van der Waals surface area contributed by atoms with E-state index >= 15 is 0 Å². The second kappa shape index (κ2) is 16.1. The summed E-state index contributed by atoms with van der Waals surface area (Å²) in [5, 5.41) is 5.59. The minimum atomic E-state index is 0. The van der Waals surface area contributed by atoms with E-state index < -0.39 is 0 Å². The number of hydrogen-bond acceptors (Lipinski definition) is 0. The minimum absolute atomic E-state index is 0. The molecule has 4 rings (SSSR count). The molecule has 0 atom stereocenters. The maximum Gasteiger partial charge on any atom is 0 e. The quantitative estimate of drug-likeness (QED) is 0.272. The molecule has 0 amide bonds. The van der Waals surface area contributed by atoms with Crippen LogP contribution in [0.4, 0.5) is 0 Å². The Hall–Kier alpha value is -1.77. The molecule has 0 bridgehead atoms. The van der Waals surface area contributed by atoms with Gasteiger partial charge >= 0.3 is 0 Å². The molecule has 0 nitrogen and oxygen atoms in total. The van der Waals surface area contributed by atoms with Gasteiger partial charge in [0.15, 0.2) is 0 Å². The summed E-state index contributed by atoms with van der Waals surface area (Å²) in [4.78, 5) is 0. The van der Waals surface area contributed by atoms with Gasteiger partial charge in [-0.15, -0.1) is 0 Å². The van der Waals surface area contributed by atoms with Gasteiger partial charge in [0.25, 0.3) is 0 Å². The fourth-order valence-corrected chi connectivity index (χ4v) is 4.52. The Kier molecular flexibility index (Phi) is 14.0. The van der Waals surface area contributed by atoms with Crippen molar-refractivity contribution in [2.75, 3.05) is 0 Å². The smallest absolute Gasteiger partial charge is 0 e. The van der Waals surface area contributed by atoms with Crippen LogP contribution in [0.2, 0.25) is 0 Å². The van der Waals surface area contributed by atoms with E-state index in [-0.39, 0.29) is 16.5 Å². The molecule has 0 fully saturated rings. The normalized spacial score (nSPS) is 9.03. The SMILES string of the molecule is CC.[Ni].c1ccc(Pc2ccccc2)cc1.c1ccc(Pc2ccccc2)cc1. The Bertz CT molecular complexity index is 715. The zero-order valence-electron chi connectivity index (χ0n) is 16.9. The van der Waals surface area contributed by atoms with Gasteiger partial charge in [-0.2, -0.15) is 0 Å². The molecule has 3 heteroatoms. The zero-order valence-corrected chi connectivity index (χ0v) is 19.9. The van der Waals surface area contributed by atoms with Gasteiger partial charge in [-0.1, -0.05) is 152 Å². The number of rotatable bonds is 4. The van der Waals surface area contributed by atoms with E-state index in [1.54, 1.807) is 0 Å². The third-order valence-electron chi connectivity index (χ3n) is 3.67. The van der Waals surface area contributed by atoms with E-state index in [0.29, 0.717) is 0 Å². The summed E-state index contributed by atoms with van der Waals surface area (Å²) in [5.74, 6) is 0. The first-order chi connectivity index (χ1) is 13.9. The van der Waals surface area contributed by atoms with Crippen LogP contribution in [0.5, 0.6) is 0 Å². The Labute approximate surface area is 189 Å². The summed E-state index contributed by atoms with van der Waals surface area (Å²) in [6.07, 6.45) is 0. The van der Waals surface area contributed by atoms with Crippen LogP contribution < -0.4 is 21.2 Å². The van der Waals surface area contributed by atoms with Crippen molar-refractivity contribution in [1.29, 1.82) is 0 Å². The Balaban J connectivity index is 0.000000259. The van der Waals surface area contributed by atoms with Gasteiger partial charge in [0.1, 0.15) is 0 Å². The third kappa shape index (κ3) is 10.5. The van der Waals surface area contributed by atoms with E-state index in [9.17, 15) is 0 Å². The van der Waals surface area contributed by atoms with Crippen molar-refractivity contribution in [3.8, 4) is 0 Å². The summed E-state index contributed by atoms with van der Waals surface area (Å²) in [6.45, 7) is 4.00. The summed E-state index contributed by atoms with van der Waals surface area (Å²) < 4.78 is 0. The molecule has 0 aliphatic carbocycles. The van der Waals surface area contributed by atoms with E-state index in [1.807, 2.05) is 13.8 Å². The third-order valence-corrected chi connectivity index (χ3v) is 6.16. The number of benzene rings is 4. The standard InChI is InChI=1S/2C12H11P.C2H6.Ni/c2*1-3-7-11(8-4-1)13-12-9-5-2-6-10-12;1-2;/h2*1-10,13H;1-2H3;. The van der Waals surface area contributed by atoms with Crippen molar-refractivity contribution in [3.05, 3.63) is 121 Å². The van der Waals surface area contributed by atoms with Gasteiger partial charge in [-0.25, -0.2) is 0 Å². The average molecular weight is 461 g/mol. The monoisotopic (exact) mass is 460 g/mol. The van der Waals surface area contributed by atoms with Gasteiger partial charge in [-0.3, -0.25) is 0 Å². The van der Waals surface area contributed by atoms with E-state index in [0.717, 1.165) is 17.2 Å². The zero-order chi connectivity index (χ0) is 19.9. The maximum absolute atomic E-state index is 2.17. The largest absolute Gasteiger partial charge is 0.0683 e. The van der Waals surface area contributed by atoms with Crippen LogP contribution in [0.15, 0.2) is 121 Å². The van der Waals surface area contributed by atoms with E-state index in [2.05, 4.69) is 121 Å². The molecule has 0 saturated carbocycles. The van der Waals surface area contributed by atoms with Crippen LogP contribution in [-0.4, -0.2) is 0 Å². The fraction of sp³-hybridized carbons (Fsp3) is 0.0769. The van der Waals surface area contributed by atoms with E-state index in [4.69, 9.17) is 0 Å². The first kappa shape index (κ1) is 25.3. The van der Waals surface area contributed by atoms with E-state index in [1.165, 1.54) is 21.2 Å². The van der Waals surface area contributed by atoms with Crippen molar-refractivity contribution < 1.29 is 16.5 Å². The molecular weight excluding hydrogens is 433 g/mol. The fourth-order valence-electron chi connectivity index (χ4n) is 2.42. The Morgan fingerprint density at radius 3 is 0.690 bits per heavy atom. The maximum atomic E-state index is 2.17. The second-order valence-corrected chi connectivity index (χ2v) is 8.52. The molecule has 152 valence electrons. The van der Waals surface area contributed by atoms with Gasteiger partial charge in [0.2, 0.25) is 0 Å². The molecule has 0 N–H and O–H groups in total. The van der Waals surface area contributed by atoms with Gasteiger partial charge in [0, 0.05) is 16.5 Å². The van der Waals surface area contributed by atoms with Crippen molar-refractivity contribution in [2.45, 2.75) is 13.8 Å². The predicted octanol–water partition coefficient (Wildman–Crippen LogP) is 5.66. The van der Waals surface area contributed by atoms with Crippen LogP contribution in [0.3, 0.4) is 0 Å².